The third-order valence-electron chi connectivity index (χ3n) is 4.50. The third-order valence-corrected chi connectivity index (χ3v) is 5.90. The minimum absolute atomic E-state index is 0.0209. The molecule has 1 aliphatic heterocycles. The Bertz CT molecular complexity index is 1200. The van der Waals surface area contributed by atoms with Crippen LogP contribution in [-0.2, 0) is 17.5 Å². The molecule has 3 aromatic rings. The number of benzene rings is 2. The summed E-state index contributed by atoms with van der Waals surface area (Å²) >= 11 is 4.11. The van der Waals surface area contributed by atoms with Gasteiger partial charge in [-0.15, -0.1) is 0 Å². The zero-order valence-corrected chi connectivity index (χ0v) is 18.1. The highest BCUT2D eigenvalue weighted by Gasteiger charge is 2.36. The van der Waals surface area contributed by atoms with Gasteiger partial charge in [0.25, 0.3) is 11.1 Å². The molecule has 0 unspecified atom stereocenters. The molecule has 4 rings (SSSR count). The van der Waals surface area contributed by atoms with Crippen molar-refractivity contribution in [3.8, 4) is 11.3 Å². The molecule has 2 amide bonds. The van der Waals surface area contributed by atoms with Gasteiger partial charge in [0.2, 0.25) is 0 Å². The monoisotopic (exact) mass is 507 g/mol. The van der Waals surface area contributed by atoms with Gasteiger partial charge in [-0.05, 0) is 47.7 Å². The molecule has 0 spiro atoms. The number of alkyl halides is 3. The molecule has 1 saturated heterocycles. The van der Waals surface area contributed by atoms with E-state index in [0.717, 1.165) is 32.8 Å². The van der Waals surface area contributed by atoms with Crippen molar-refractivity contribution in [1.29, 1.82) is 0 Å². The van der Waals surface area contributed by atoms with Crippen LogP contribution in [0, 0.1) is 0 Å². The molecule has 0 saturated carbocycles. The van der Waals surface area contributed by atoms with Crippen LogP contribution in [0.1, 0.15) is 16.9 Å². The Morgan fingerprint density at radius 3 is 2.55 bits per heavy atom. The van der Waals surface area contributed by atoms with Gasteiger partial charge in [0, 0.05) is 16.1 Å². The predicted molar refractivity (Wildman–Crippen MR) is 115 cm³/mol. The first-order valence-electron chi connectivity index (χ1n) is 8.98. The molecule has 2 aromatic carbocycles. The largest absolute Gasteiger partial charge is 0.457 e. The summed E-state index contributed by atoms with van der Waals surface area (Å²) < 4.78 is 46.2. The van der Waals surface area contributed by atoms with E-state index < -0.39 is 22.9 Å². The van der Waals surface area contributed by atoms with Gasteiger partial charge in [-0.1, -0.05) is 46.3 Å². The summed E-state index contributed by atoms with van der Waals surface area (Å²) in [5.74, 6) is -0.281. The third kappa shape index (κ3) is 4.62. The molecule has 0 aliphatic carbocycles. The molecule has 0 radical (unpaired) electrons. The zero-order chi connectivity index (χ0) is 22.2. The molecule has 4 nitrogen and oxygen atoms in total. The molecular weight excluding hydrogens is 495 g/mol. The van der Waals surface area contributed by atoms with E-state index in [-0.39, 0.29) is 28.5 Å². The minimum Gasteiger partial charge on any atom is -0.457 e. The maximum atomic E-state index is 13.3. The van der Waals surface area contributed by atoms with Crippen molar-refractivity contribution in [2.24, 2.45) is 0 Å². The van der Waals surface area contributed by atoms with Gasteiger partial charge >= 0.3 is 6.18 Å². The Morgan fingerprint density at radius 1 is 1.03 bits per heavy atom. The average Bonchev–Trinajstić information content (AvgIpc) is 3.28. The van der Waals surface area contributed by atoms with Crippen LogP contribution in [0.2, 0.25) is 0 Å². The second-order valence-corrected chi connectivity index (χ2v) is 8.55. The molecule has 0 atom stereocenters. The Labute approximate surface area is 187 Å². The standard InChI is InChI=1S/C22H13BrF3NO3S/c23-14-5-3-4-13(10-14)12-27-20(28)19(31-21(27)29)11-15-8-9-18(30-15)16-6-1-2-7-17(16)22(24,25)26/h1-11H,12H2/b19-11+. The van der Waals surface area contributed by atoms with Crippen molar-refractivity contribution in [3.63, 3.8) is 0 Å². The lowest BCUT2D eigenvalue weighted by molar-refractivity contribution is -0.137. The second-order valence-electron chi connectivity index (χ2n) is 6.64. The number of rotatable bonds is 4. The van der Waals surface area contributed by atoms with Gasteiger partial charge in [0.05, 0.1) is 17.0 Å². The van der Waals surface area contributed by atoms with E-state index in [2.05, 4.69) is 15.9 Å². The van der Waals surface area contributed by atoms with E-state index in [1.807, 2.05) is 12.1 Å². The summed E-state index contributed by atoms with van der Waals surface area (Å²) in [7, 11) is 0. The minimum atomic E-state index is -4.53. The number of nitrogens with zero attached hydrogens (tertiary/aromatic N) is 1. The first-order chi connectivity index (χ1) is 14.7. The molecule has 1 aromatic heterocycles. The molecule has 2 heterocycles. The van der Waals surface area contributed by atoms with Gasteiger partial charge < -0.3 is 4.42 Å². The van der Waals surface area contributed by atoms with E-state index in [9.17, 15) is 22.8 Å². The van der Waals surface area contributed by atoms with E-state index >= 15 is 0 Å². The lowest BCUT2D eigenvalue weighted by atomic mass is 10.1. The van der Waals surface area contributed by atoms with Crippen LogP contribution < -0.4 is 0 Å². The van der Waals surface area contributed by atoms with Crippen molar-refractivity contribution < 1.29 is 27.2 Å². The topological polar surface area (TPSA) is 50.5 Å². The van der Waals surface area contributed by atoms with Crippen molar-refractivity contribution >= 4 is 44.9 Å². The van der Waals surface area contributed by atoms with Gasteiger partial charge in [-0.2, -0.15) is 13.2 Å². The fourth-order valence-corrected chi connectivity index (χ4v) is 4.37. The fraction of sp³-hybridized carbons (Fsp3) is 0.0909. The van der Waals surface area contributed by atoms with E-state index in [4.69, 9.17) is 4.42 Å². The summed E-state index contributed by atoms with van der Waals surface area (Å²) in [5.41, 5.74) is -0.135. The van der Waals surface area contributed by atoms with Gasteiger partial charge in [-0.25, -0.2) is 0 Å². The molecular formula is C22H13BrF3NO3S. The summed E-state index contributed by atoms with van der Waals surface area (Å²) in [6.45, 7) is 0.115. The second kappa shape index (κ2) is 8.39. The van der Waals surface area contributed by atoms with Crippen LogP contribution in [-0.4, -0.2) is 16.0 Å². The van der Waals surface area contributed by atoms with Crippen LogP contribution >= 0.6 is 27.7 Å². The molecule has 9 heteroatoms. The number of imide groups is 1. The van der Waals surface area contributed by atoms with Gasteiger partial charge in [0.15, 0.2) is 0 Å². The van der Waals surface area contributed by atoms with Crippen molar-refractivity contribution in [3.05, 3.63) is 86.9 Å². The normalized spacial score (nSPS) is 15.9. The van der Waals surface area contributed by atoms with Crippen LogP contribution in [0.15, 0.2) is 74.5 Å². The first-order valence-corrected chi connectivity index (χ1v) is 10.6. The zero-order valence-electron chi connectivity index (χ0n) is 15.7. The lowest BCUT2D eigenvalue weighted by Gasteiger charge is -2.12. The molecule has 31 heavy (non-hydrogen) atoms. The smallest absolute Gasteiger partial charge is 0.417 e. The number of furan rings is 1. The Kier molecular flexibility index (Phi) is 5.81. The molecule has 158 valence electrons. The van der Waals surface area contributed by atoms with E-state index in [1.165, 1.54) is 36.4 Å². The Hall–Kier alpha value is -2.78. The number of hydrogen-bond acceptors (Lipinski definition) is 4. The summed E-state index contributed by atoms with van der Waals surface area (Å²) in [5, 5.41) is -0.426. The van der Waals surface area contributed by atoms with Gasteiger partial charge in [-0.3, -0.25) is 14.5 Å². The van der Waals surface area contributed by atoms with Crippen molar-refractivity contribution in [1.82, 2.24) is 4.90 Å². The highest BCUT2D eigenvalue weighted by molar-refractivity contribution is 9.10. The van der Waals surface area contributed by atoms with Gasteiger partial charge in [0.1, 0.15) is 11.5 Å². The van der Waals surface area contributed by atoms with Crippen LogP contribution in [0.5, 0.6) is 0 Å². The number of thioether (sulfide) groups is 1. The maximum Gasteiger partial charge on any atom is 0.417 e. The van der Waals surface area contributed by atoms with Crippen molar-refractivity contribution in [2.45, 2.75) is 12.7 Å². The molecule has 0 bridgehead atoms. The summed E-state index contributed by atoms with van der Waals surface area (Å²) in [4.78, 5) is 26.3. The number of carbonyl (C=O) groups excluding carboxylic acids is 2. The average molecular weight is 508 g/mol. The quantitative estimate of drug-likeness (QED) is 0.358. The Balaban J connectivity index is 1.58. The van der Waals surface area contributed by atoms with Crippen LogP contribution in [0.4, 0.5) is 18.0 Å². The molecule has 0 N–H and O–H groups in total. The van der Waals surface area contributed by atoms with E-state index in [0.29, 0.717) is 0 Å². The maximum absolute atomic E-state index is 13.3. The summed E-state index contributed by atoms with van der Waals surface area (Å²) in [6.07, 6.45) is -3.16. The highest BCUT2D eigenvalue weighted by atomic mass is 79.9. The van der Waals surface area contributed by atoms with Crippen molar-refractivity contribution in [2.75, 3.05) is 0 Å². The van der Waals surface area contributed by atoms with Crippen LogP contribution in [0.25, 0.3) is 17.4 Å². The first kappa shape index (κ1) is 21.5. The number of amides is 2. The fourth-order valence-electron chi connectivity index (χ4n) is 3.10. The molecule has 1 fully saturated rings. The van der Waals surface area contributed by atoms with E-state index in [1.54, 1.807) is 12.1 Å². The number of hydrogen-bond donors (Lipinski definition) is 0. The predicted octanol–water partition coefficient (Wildman–Crippen LogP) is 6.96. The molecule has 1 aliphatic rings. The number of halogens is 4. The van der Waals surface area contributed by atoms with Crippen LogP contribution in [0.3, 0.4) is 0 Å². The lowest BCUT2D eigenvalue weighted by Crippen LogP contribution is -2.27. The summed E-state index contributed by atoms with van der Waals surface area (Å²) in [6, 6.07) is 15.2. The Morgan fingerprint density at radius 2 is 1.81 bits per heavy atom. The number of carbonyl (C=O) groups is 2. The highest BCUT2D eigenvalue weighted by Crippen LogP contribution is 2.38. The SMILES string of the molecule is O=C1S/C(=C/c2ccc(-c3ccccc3C(F)(F)F)o2)C(=O)N1Cc1cccc(Br)c1.